The molecule has 0 aliphatic carbocycles. The van der Waals surface area contributed by atoms with Crippen LogP contribution in [0.1, 0.15) is 45.6 Å². The average molecular weight is 439 g/mol. The lowest BCUT2D eigenvalue weighted by atomic mass is 10.0. The first-order chi connectivity index (χ1) is 15.3. The van der Waals surface area contributed by atoms with Crippen LogP contribution >= 0.6 is 0 Å². The van der Waals surface area contributed by atoms with Gasteiger partial charge >= 0.3 is 6.09 Å². The molecule has 6 heteroatoms. The number of nitrogens with zero attached hydrogens (tertiary/aromatic N) is 2. The second kappa shape index (κ2) is 11.1. The number of ether oxygens (including phenoxy) is 2. The van der Waals surface area contributed by atoms with Gasteiger partial charge in [-0.3, -0.25) is 4.79 Å². The number of anilines is 1. The van der Waals surface area contributed by atoms with Gasteiger partial charge in [-0.15, -0.1) is 0 Å². The fourth-order valence-corrected chi connectivity index (χ4v) is 3.82. The molecule has 2 aromatic carbocycles. The fraction of sp³-hybridized carbons (Fsp3) is 0.462. The molecule has 0 spiro atoms. The summed E-state index contributed by atoms with van der Waals surface area (Å²) in [4.78, 5) is 29.2. The quantitative estimate of drug-likeness (QED) is 0.569. The molecule has 0 bridgehead atoms. The van der Waals surface area contributed by atoms with Gasteiger partial charge in [0.25, 0.3) is 0 Å². The third-order valence-corrected chi connectivity index (χ3v) is 5.36. The van der Waals surface area contributed by atoms with E-state index in [9.17, 15) is 9.59 Å². The minimum absolute atomic E-state index is 0.0395. The van der Waals surface area contributed by atoms with Gasteiger partial charge in [0.05, 0.1) is 19.6 Å². The number of benzene rings is 2. The van der Waals surface area contributed by atoms with Crippen molar-refractivity contribution in [1.82, 2.24) is 4.90 Å². The zero-order valence-electron chi connectivity index (χ0n) is 19.3. The SMILES string of the molecule is CC(C)(C)OC(=O)N1CCC(N(C(=O)CCOCc2ccccc2)c2ccccc2)CC1. The highest BCUT2D eigenvalue weighted by Crippen LogP contribution is 2.25. The predicted molar refractivity (Wildman–Crippen MR) is 125 cm³/mol. The van der Waals surface area contributed by atoms with Gasteiger partial charge in [0.15, 0.2) is 0 Å². The maximum Gasteiger partial charge on any atom is 0.410 e. The lowest BCUT2D eigenvalue weighted by Crippen LogP contribution is -2.50. The number of likely N-dealkylation sites (tertiary alicyclic amines) is 1. The number of hydrogen-bond acceptors (Lipinski definition) is 4. The summed E-state index contributed by atoms with van der Waals surface area (Å²) in [6.45, 7) is 7.61. The predicted octanol–water partition coefficient (Wildman–Crippen LogP) is 5.03. The summed E-state index contributed by atoms with van der Waals surface area (Å²) in [6.07, 6.45) is 1.45. The fourth-order valence-electron chi connectivity index (χ4n) is 3.82. The molecule has 6 nitrogen and oxygen atoms in total. The van der Waals surface area contributed by atoms with Gasteiger partial charge in [0.1, 0.15) is 5.60 Å². The summed E-state index contributed by atoms with van der Waals surface area (Å²) in [6, 6.07) is 19.7. The minimum atomic E-state index is -0.514. The van der Waals surface area contributed by atoms with E-state index in [0.717, 1.165) is 11.3 Å². The van der Waals surface area contributed by atoms with Crippen molar-refractivity contribution in [2.75, 3.05) is 24.6 Å². The van der Waals surface area contributed by atoms with E-state index in [1.54, 1.807) is 4.90 Å². The van der Waals surface area contributed by atoms with Crippen molar-refractivity contribution in [3.8, 4) is 0 Å². The number of amides is 2. The molecule has 0 unspecified atom stereocenters. The Kier molecular flexibility index (Phi) is 8.28. The number of para-hydroxylation sites is 1. The first-order valence-electron chi connectivity index (χ1n) is 11.3. The molecule has 2 aromatic rings. The lowest BCUT2D eigenvalue weighted by molar-refractivity contribution is -0.120. The Hall–Kier alpha value is -2.86. The van der Waals surface area contributed by atoms with Crippen molar-refractivity contribution in [1.29, 1.82) is 0 Å². The lowest BCUT2D eigenvalue weighted by Gasteiger charge is -2.39. The summed E-state index contributed by atoms with van der Waals surface area (Å²) in [5, 5.41) is 0. The molecule has 1 fully saturated rings. The molecular formula is C26H34N2O4. The highest BCUT2D eigenvalue weighted by Gasteiger charge is 2.32. The topological polar surface area (TPSA) is 59.1 Å². The van der Waals surface area contributed by atoms with E-state index in [2.05, 4.69) is 0 Å². The van der Waals surface area contributed by atoms with Crippen molar-refractivity contribution < 1.29 is 19.1 Å². The number of carbonyl (C=O) groups excluding carboxylic acids is 2. The van der Waals surface area contributed by atoms with E-state index in [1.165, 1.54) is 0 Å². The van der Waals surface area contributed by atoms with Crippen LogP contribution in [0.3, 0.4) is 0 Å². The number of rotatable bonds is 7. The highest BCUT2D eigenvalue weighted by atomic mass is 16.6. The smallest absolute Gasteiger partial charge is 0.410 e. The van der Waals surface area contributed by atoms with Gasteiger partial charge in [0.2, 0.25) is 5.91 Å². The highest BCUT2D eigenvalue weighted by molar-refractivity contribution is 5.94. The maximum atomic E-state index is 13.2. The minimum Gasteiger partial charge on any atom is -0.444 e. The van der Waals surface area contributed by atoms with E-state index in [1.807, 2.05) is 86.3 Å². The monoisotopic (exact) mass is 438 g/mol. The summed E-state index contributed by atoms with van der Waals surface area (Å²) in [5.74, 6) is 0.0416. The van der Waals surface area contributed by atoms with Crippen LogP contribution < -0.4 is 4.90 Å². The summed E-state index contributed by atoms with van der Waals surface area (Å²) >= 11 is 0. The zero-order valence-corrected chi connectivity index (χ0v) is 19.3. The third kappa shape index (κ3) is 7.09. The van der Waals surface area contributed by atoms with Gasteiger partial charge in [-0.05, 0) is 51.3 Å². The van der Waals surface area contributed by atoms with Crippen LogP contribution in [0.5, 0.6) is 0 Å². The molecule has 3 rings (SSSR count). The molecular weight excluding hydrogens is 404 g/mol. The Labute approximate surface area is 191 Å². The first-order valence-corrected chi connectivity index (χ1v) is 11.3. The van der Waals surface area contributed by atoms with Crippen LogP contribution in [0.25, 0.3) is 0 Å². The van der Waals surface area contributed by atoms with Crippen LogP contribution in [0, 0.1) is 0 Å². The zero-order chi connectivity index (χ0) is 23.0. The van der Waals surface area contributed by atoms with Gasteiger partial charge in [-0.1, -0.05) is 48.5 Å². The van der Waals surface area contributed by atoms with E-state index in [-0.39, 0.29) is 18.0 Å². The van der Waals surface area contributed by atoms with Crippen molar-refractivity contribution >= 4 is 17.7 Å². The molecule has 2 amide bonds. The standard InChI is InChI=1S/C26H34N2O4/c1-26(2,3)32-25(30)27-17-14-23(15-18-27)28(22-12-8-5-9-13-22)24(29)16-19-31-20-21-10-6-4-7-11-21/h4-13,23H,14-20H2,1-3H3. The normalized spacial score (nSPS) is 14.8. The van der Waals surface area contributed by atoms with Crippen LogP contribution in [-0.4, -0.2) is 48.2 Å². The molecule has 1 aliphatic rings. The largest absolute Gasteiger partial charge is 0.444 e. The number of piperidine rings is 1. The molecule has 0 aromatic heterocycles. The molecule has 1 heterocycles. The second-order valence-corrected chi connectivity index (χ2v) is 9.09. The van der Waals surface area contributed by atoms with Crippen molar-refractivity contribution in [2.45, 2.75) is 58.3 Å². The molecule has 0 atom stereocenters. The summed E-state index contributed by atoms with van der Waals surface area (Å²) < 4.78 is 11.2. The number of carbonyl (C=O) groups is 2. The molecule has 1 aliphatic heterocycles. The Balaban J connectivity index is 1.57. The Bertz CT molecular complexity index is 856. The first kappa shape index (κ1) is 23.8. The van der Waals surface area contributed by atoms with E-state index in [0.29, 0.717) is 45.6 Å². The van der Waals surface area contributed by atoms with Crippen LogP contribution in [0.4, 0.5) is 10.5 Å². The van der Waals surface area contributed by atoms with Gasteiger partial charge < -0.3 is 19.3 Å². The van der Waals surface area contributed by atoms with Gasteiger partial charge in [-0.25, -0.2) is 4.79 Å². The molecule has 1 saturated heterocycles. The Morgan fingerprint density at radius 1 is 0.969 bits per heavy atom. The maximum absolute atomic E-state index is 13.2. The second-order valence-electron chi connectivity index (χ2n) is 9.09. The van der Waals surface area contributed by atoms with Crippen LogP contribution in [0.15, 0.2) is 60.7 Å². The van der Waals surface area contributed by atoms with Crippen molar-refractivity contribution in [3.63, 3.8) is 0 Å². The van der Waals surface area contributed by atoms with Gasteiger partial charge in [-0.2, -0.15) is 0 Å². The Morgan fingerprint density at radius 2 is 1.56 bits per heavy atom. The van der Waals surface area contributed by atoms with Crippen LogP contribution in [-0.2, 0) is 20.9 Å². The molecule has 0 N–H and O–H groups in total. The van der Waals surface area contributed by atoms with Crippen LogP contribution in [0.2, 0.25) is 0 Å². The average Bonchev–Trinajstić information content (AvgIpc) is 2.78. The van der Waals surface area contributed by atoms with E-state index in [4.69, 9.17) is 9.47 Å². The van der Waals surface area contributed by atoms with Gasteiger partial charge in [0, 0.05) is 24.8 Å². The van der Waals surface area contributed by atoms with E-state index >= 15 is 0 Å². The Morgan fingerprint density at radius 3 is 2.16 bits per heavy atom. The molecule has 32 heavy (non-hydrogen) atoms. The summed E-state index contributed by atoms with van der Waals surface area (Å²) in [7, 11) is 0. The molecule has 0 saturated carbocycles. The number of hydrogen-bond donors (Lipinski definition) is 0. The molecule has 0 radical (unpaired) electrons. The summed E-state index contributed by atoms with van der Waals surface area (Å²) in [5.41, 5.74) is 1.46. The van der Waals surface area contributed by atoms with Crippen molar-refractivity contribution in [2.24, 2.45) is 0 Å². The molecule has 172 valence electrons. The van der Waals surface area contributed by atoms with Crippen molar-refractivity contribution in [3.05, 3.63) is 66.2 Å². The third-order valence-electron chi connectivity index (χ3n) is 5.36. The van der Waals surface area contributed by atoms with E-state index < -0.39 is 5.60 Å².